The SMILES string of the molecule is CCCCC(=O)c1ccc(-c2ccc(-c3ccc(C(=O)c4ccc(C(F)(F)F)cc4)cc3)cc2)cc1. The molecule has 0 heterocycles. The average Bonchev–Trinajstić information content (AvgIpc) is 2.91. The molecule has 0 saturated heterocycles. The van der Waals surface area contributed by atoms with Gasteiger partial charge in [0.2, 0.25) is 0 Å². The summed E-state index contributed by atoms with van der Waals surface area (Å²) in [5.41, 5.74) is 4.50. The maximum Gasteiger partial charge on any atom is 0.416 e. The Morgan fingerprint density at radius 3 is 1.33 bits per heavy atom. The number of ketones is 2. The van der Waals surface area contributed by atoms with Gasteiger partial charge >= 0.3 is 6.18 Å². The first-order chi connectivity index (χ1) is 17.3. The lowest BCUT2D eigenvalue weighted by Crippen LogP contribution is -2.06. The van der Waals surface area contributed by atoms with Crippen LogP contribution in [-0.4, -0.2) is 11.6 Å². The molecule has 0 spiro atoms. The zero-order valence-electron chi connectivity index (χ0n) is 19.8. The third-order valence-corrected chi connectivity index (χ3v) is 6.14. The van der Waals surface area contributed by atoms with Gasteiger partial charge in [-0.2, -0.15) is 13.2 Å². The lowest BCUT2D eigenvalue weighted by atomic mass is 9.96. The summed E-state index contributed by atoms with van der Waals surface area (Å²) in [6, 6.07) is 26.9. The zero-order valence-corrected chi connectivity index (χ0v) is 19.8. The third kappa shape index (κ3) is 5.80. The van der Waals surface area contributed by atoms with Crippen LogP contribution in [0.4, 0.5) is 13.2 Å². The lowest BCUT2D eigenvalue weighted by molar-refractivity contribution is -0.137. The number of carbonyl (C=O) groups excluding carboxylic acids is 2. The van der Waals surface area contributed by atoms with Crippen LogP contribution in [-0.2, 0) is 6.18 Å². The summed E-state index contributed by atoms with van der Waals surface area (Å²) < 4.78 is 38.3. The predicted octanol–water partition coefficient (Wildman–Crippen LogP) is 8.64. The number of halogens is 3. The average molecular weight is 487 g/mol. The molecule has 0 fully saturated rings. The fourth-order valence-corrected chi connectivity index (χ4v) is 3.98. The van der Waals surface area contributed by atoms with E-state index in [9.17, 15) is 22.8 Å². The summed E-state index contributed by atoms with van der Waals surface area (Å²) in [5, 5.41) is 0. The molecule has 0 bridgehead atoms. The van der Waals surface area contributed by atoms with E-state index in [-0.39, 0.29) is 17.1 Å². The van der Waals surface area contributed by atoms with Gasteiger partial charge in [0.25, 0.3) is 0 Å². The number of hydrogen-bond donors (Lipinski definition) is 0. The van der Waals surface area contributed by atoms with Crippen molar-refractivity contribution in [3.8, 4) is 22.3 Å². The van der Waals surface area contributed by atoms with Crippen molar-refractivity contribution in [2.24, 2.45) is 0 Å². The van der Waals surface area contributed by atoms with Gasteiger partial charge in [-0.1, -0.05) is 98.3 Å². The normalized spacial score (nSPS) is 11.3. The van der Waals surface area contributed by atoms with Crippen molar-refractivity contribution in [1.82, 2.24) is 0 Å². The molecule has 182 valence electrons. The summed E-state index contributed by atoms with van der Waals surface area (Å²) in [5.74, 6) is -0.166. The molecular formula is C31H25F3O2. The molecule has 0 aliphatic heterocycles. The topological polar surface area (TPSA) is 34.1 Å². The molecule has 2 nitrogen and oxygen atoms in total. The minimum atomic E-state index is -4.44. The largest absolute Gasteiger partial charge is 0.416 e. The molecule has 0 saturated carbocycles. The van der Waals surface area contributed by atoms with Crippen molar-refractivity contribution < 1.29 is 22.8 Å². The van der Waals surface area contributed by atoms with Crippen LogP contribution < -0.4 is 0 Å². The van der Waals surface area contributed by atoms with E-state index in [0.29, 0.717) is 12.0 Å². The maximum absolute atomic E-state index is 12.8. The second-order valence-electron chi connectivity index (χ2n) is 8.66. The molecular weight excluding hydrogens is 461 g/mol. The first-order valence-electron chi connectivity index (χ1n) is 11.8. The Labute approximate surface area is 208 Å². The number of benzene rings is 4. The molecule has 0 unspecified atom stereocenters. The monoisotopic (exact) mass is 486 g/mol. The van der Waals surface area contributed by atoms with Crippen LogP contribution in [0.3, 0.4) is 0 Å². The van der Waals surface area contributed by atoms with Crippen molar-refractivity contribution in [1.29, 1.82) is 0 Å². The van der Waals surface area contributed by atoms with Crippen molar-refractivity contribution in [2.45, 2.75) is 32.4 Å². The van der Waals surface area contributed by atoms with E-state index in [1.807, 2.05) is 60.7 Å². The van der Waals surface area contributed by atoms with Crippen LogP contribution in [0.5, 0.6) is 0 Å². The van der Waals surface area contributed by atoms with Crippen molar-refractivity contribution >= 4 is 11.6 Å². The Balaban J connectivity index is 1.45. The zero-order chi connectivity index (χ0) is 25.7. The lowest BCUT2D eigenvalue weighted by Gasteiger charge is -2.08. The van der Waals surface area contributed by atoms with Crippen molar-refractivity contribution in [3.63, 3.8) is 0 Å². The standard InChI is InChI=1S/C31H25F3O2/c1-2-3-4-29(35)25-13-9-23(10-14-25)21-5-7-22(8-6-21)24-11-15-26(16-12-24)30(36)27-17-19-28(20-18-27)31(32,33)34/h5-20H,2-4H2,1H3. The highest BCUT2D eigenvalue weighted by Crippen LogP contribution is 2.30. The number of Topliss-reactive ketones (excluding diaryl/α,β-unsaturated/α-hetero) is 1. The van der Waals surface area contributed by atoms with Crippen LogP contribution >= 0.6 is 0 Å². The molecule has 0 radical (unpaired) electrons. The Morgan fingerprint density at radius 2 is 0.944 bits per heavy atom. The molecule has 0 amide bonds. The summed E-state index contributed by atoms with van der Waals surface area (Å²) >= 11 is 0. The number of rotatable bonds is 8. The van der Waals surface area contributed by atoms with E-state index >= 15 is 0 Å². The molecule has 4 aromatic carbocycles. The summed E-state index contributed by atoms with van der Waals surface area (Å²) in [6.07, 6.45) is -1.98. The Hall–Kier alpha value is -3.99. The molecule has 0 aromatic heterocycles. The van der Waals surface area contributed by atoms with Gasteiger partial charge in [0.15, 0.2) is 11.6 Å². The van der Waals surface area contributed by atoms with Gasteiger partial charge in [0.05, 0.1) is 5.56 Å². The highest BCUT2D eigenvalue weighted by molar-refractivity contribution is 6.09. The second-order valence-corrected chi connectivity index (χ2v) is 8.66. The van der Waals surface area contributed by atoms with E-state index in [1.54, 1.807) is 12.1 Å². The third-order valence-electron chi connectivity index (χ3n) is 6.14. The van der Waals surface area contributed by atoms with E-state index in [4.69, 9.17) is 0 Å². The summed E-state index contributed by atoms with van der Waals surface area (Å²) in [6.45, 7) is 2.07. The van der Waals surface area contributed by atoms with Gasteiger partial charge in [-0.15, -0.1) is 0 Å². The van der Waals surface area contributed by atoms with Gasteiger partial charge in [-0.3, -0.25) is 9.59 Å². The van der Waals surface area contributed by atoms with Crippen LogP contribution in [0.1, 0.15) is 58.0 Å². The number of carbonyl (C=O) groups is 2. The Kier molecular flexibility index (Phi) is 7.49. The van der Waals surface area contributed by atoms with E-state index in [2.05, 4.69) is 6.92 Å². The fraction of sp³-hybridized carbons (Fsp3) is 0.161. The quantitative estimate of drug-likeness (QED) is 0.234. The molecule has 0 atom stereocenters. The molecule has 4 aromatic rings. The summed E-state index contributed by atoms with van der Waals surface area (Å²) in [7, 11) is 0. The molecule has 0 aliphatic rings. The molecule has 5 heteroatoms. The number of hydrogen-bond acceptors (Lipinski definition) is 2. The van der Waals surface area contributed by atoms with Crippen LogP contribution in [0.15, 0.2) is 97.1 Å². The molecule has 0 N–H and O–H groups in total. The Morgan fingerprint density at radius 1 is 0.583 bits per heavy atom. The maximum atomic E-state index is 12.8. The second kappa shape index (κ2) is 10.7. The van der Waals surface area contributed by atoms with Crippen LogP contribution in [0.25, 0.3) is 22.3 Å². The van der Waals surface area contributed by atoms with Gasteiger partial charge in [-0.25, -0.2) is 0 Å². The fourth-order valence-electron chi connectivity index (χ4n) is 3.98. The van der Waals surface area contributed by atoms with E-state index in [0.717, 1.165) is 52.8 Å². The number of unbranched alkanes of at least 4 members (excludes halogenated alkanes) is 1. The van der Waals surface area contributed by atoms with Crippen molar-refractivity contribution in [2.75, 3.05) is 0 Å². The number of alkyl halides is 3. The summed E-state index contributed by atoms with van der Waals surface area (Å²) in [4.78, 5) is 24.9. The van der Waals surface area contributed by atoms with E-state index < -0.39 is 11.7 Å². The first kappa shape index (κ1) is 25.1. The van der Waals surface area contributed by atoms with Crippen molar-refractivity contribution in [3.05, 3.63) is 119 Å². The van der Waals surface area contributed by atoms with Gasteiger partial charge < -0.3 is 0 Å². The smallest absolute Gasteiger partial charge is 0.294 e. The van der Waals surface area contributed by atoms with Crippen LogP contribution in [0.2, 0.25) is 0 Å². The van der Waals surface area contributed by atoms with E-state index in [1.165, 1.54) is 12.1 Å². The van der Waals surface area contributed by atoms with Gasteiger partial charge in [0.1, 0.15) is 0 Å². The first-order valence-corrected chi connectivity index (χ1v) is 11.8. The van der Waals surface area contributed by atoms with Gasteiger partial charge in [0, 0.05) is 23.1 Å². The predicted molar refractivity (Wildman–Crippen MR) is 136 cm³/mol. The van der Waals surface area contributed by atoms with Crippen LogP contribution in [0, 0.1) is 0 Å². The van der Waals surface area contributed by atoms with Gasteiger partial charge in [-0.05, 0) is 40.8 Å². The minimum absolute atomic E-state index is 0.166. The minimum Gasteiger partial charge on any atom is -0.294 e. The highest BCUT2D eigenvalue weighted by atomic mass is 19.4. The molecule has 36 heavy (non-hydrogen) atoms. The molecule has 4 rings (SSSR count). The Bertz CT molecular complexity index is 1330. The highest BCUT2D eigenvalue weighted by Gasteiger charge is 2.30. The molecule has 0 aliphatic carbocycles.